The first-order valence-electron chi connectivity index (χ1n) is 9.07. The summed E-state index contributed by atoms with van der Waals surface area (Å²) in [6.07, 6.45) is 3.40. The summed E-state index contributed by atoms with van der Waals surface area (Å²) in [4.78, 5) is 24.3. The number of hydrogen-bond acceptors (Lipinski definition) is 5. The van der Waals surface area contributed by atoms with Gasteiger partial charge in [0.15, 0.2) is 11.5 Å². The summed E-state index contributed by atoms with van der Waals surface area (Å²) in [5.74, 6) is 0.490. The molecule has 0 radical (unpaired) electrons. The molecule has 0 fully saturated rings. The first-order valence-corrected chi connectivity index (χ1v) is 10.3. The molecule has 0 atom stereocenters. The molecule has 0 aliphatic carbocycles. The second-order valence-electron chi connectivity index (χ2n) is 6.87. The van der Waals surface area contributed by atoms with Crippen LogP contribution in [0.3, 0.4) is 0 Å². The highest BCUT2D eigenvalue weighted by atomic mass is 35.5. The van der Waals surface area contributed by atoms with Crippen molar-refractivity contribution in [2.75, 3.05) is 0 Å². The number of hydrogen-bond donors (Lipinski definition) is 0. The molecule has 144 valence electrons. The number of halogens is 1. The zero-order chi connectivity index (χ0) is 20.1. The second-order valence-corrected chi connectivity index (χ2v) is 8.51. The van der Waals surface area contributed by atoms with Crippen molar-refractivity contribution in [3.8, 4) is 11.4 Å². The Kier molecular flexibility index (Phi) is 4.22. The Hall–Kier alpha value is -3.03. The van der Waals surface area contributed by atoms with E-state index in [4.69, 9.17) is 16.6 Å². The van der Waals surface area contributed by atoms with E-state index < -0.39 is 0 Å². The van der Waals surface area contributed by atoms with Gasteiger partial charge in [0.05, 0.1) is 11.9 Å². The minimum absolute atomic E-state index is 0.216. The summed E-state index contributed by atoms with van der Waals surface area (Å²) in [7, 11) is 0. The van der Waals surface area contributed by atoms with Crippen LogP contribution in [-0.2, 0) is 6.54 Å². The lowest BCUT2D eigenvalue weighted by Crippen LogP contribution is -2.27. The van der Waals surface area contributed by atoms with E-state index in [1.54, 1.807) is 28.3 Å². The van der Waals surface area contributed by atoms with Crippen LogP contribution in [0, 0.1) is 13.8 Å². The van der Waals surface area contributed by atoms with Crippen LogP contribution in [0.4, 0.5) is 0 Å². The van der Waals surface area contributed by atoms with Crippen LogP contribution in [0.5, 0.6) is 0 Å². The number of benzene rings is 1. The minimum Gasteiger partial charge on any atom is -0.278 e. The first kappa shape index (κ1) is 18.0. The van der Waals surface area contributed by atoms with Crippen molar-refractivity contribution in [3.05, 3.63) is 80.3 Å². The number of aryl methyl sites for hydroxylation is 2. The molecule has 1 aromatic carbocycles. The van der Waals surface area contributed by atoms with Crippen LogP contribution in [0.1, 0.15) is 16.0 Å². The molecule has 0 N–H and O–H groups in total. The third-order valence-corrected chi connectivity index (χ3v) is 6.51. The third kappa shape index (κ3) is 2.94. The van der Waals surface area contributed by atoms with Gasteiger partial charge in [0.2, 0.25) is 0 Å². The fourth-order valence-corrected chi connectivity index (χ4v) is 4.67. The molecule has 0 bridgehead atoms. The molecular weight excluding hydrogens is 406 g/mol. The quantitative estimate of drug-likeness (QED) is 0.430. The Labute approximate surface area is 175 Å². The van der Waals surface area contributed by atoms with E-state index in [0.717, 1.165) is 31.8 Å². The lowest BCUT2D eigenvalue weighted by Gasteiger charge is -2.09. The molecule has 0 amide bonds. The maximum atomic E-state index is 13.4. The third-order valence-electron chi connectivity index (χ3n) is 5.03. The highest BCUT2D eigenvalue weighted by Crippen LogP contribution is 2.32. The van der Waals surface area contributed by atoms with E-state index in [-0.39, 0.29) is 5.69 Å². The number of aromatic nitrogens is 5. The fourth-order valence-electron chi connectivity index (χ4n) is 3.40. The van der Waals surface area contributed by atoms with Crippen molar-refractivity contribution in [2.45, 2.75) is 20.4 Å². The number of pyridine rings is 1. The van der Waals surface area contributed by atoms with Crippen molar-refractivity contribution in [1.82, 2.24) is 24.1 Å². The smallest absolute Gasteiger partial charge is 0.278 e. The highest BCUT2D eigenvalue weighted by molar-refractivity contribution is 7.19. The lowest BCUT2D eigenvalue weighted by atomic mass is 10.2. The maximum Gasteiger partial charge on any atom is 0.352 e. The van der Waals surface area contributed by atoms with Gasteiger partial charge in [0.1, 0.15) is 4.83 Å². The number of fused-ring (bicyclic) bond motifs is 3. The van der Waals surface area contributed by atoms with Crippen molar-refractivity contribution in [3.63, 3.8) is 0 Å². The molecule has 4 aromatic heterocycles. The molecule has 0 saturated carbocycles. The normalized spacial score (nSPS) is 11.6. The predicted octanol–water partition coefficient (Wildman–Crippen LogP) is 4.49. The molecule has 0 aliphatic heterocycles. The predicted molar refractivity (Wildman–Crippen MR) is 116 cm³/mol. The Bertz CT molecular complexity index is 1420. The van der Waals surface area contributed by atoms with Gasteiger partial charge in [-0.05, 0) is 49.2 Å². The van der Waals surface area contributed by atoms with Crippen LogP contribution >= 0.6 is 22.9 Å². The molecular formula is C21H16ClN5OS. The van der Waals surface area contributed by atoms with Crippen LogP contribution in [0.2, 0.25) is 5.02 Å². The molecule has 0 saturated heterocycles. The zero-order valence-electron chi connectivity index (χ0n) is 15.8. The van der Waals surface area contributed by atoms with Crippen LogP contribution in [0.15, 0.2) is 53.6 Å². The Morgan fingerprint density at radius 1 is 1.14 bits per heavy atom. The summed E-state index contributed by atoms with van der Waals surface area (Å²) < 4.78 is 3.16. The zero-order valence-corrected chi connectivity index (χ0v) is 17.3. The van der Waals surface area contributed by atoms with Gasteiger partial charge >= 0.3 is 5.69 Å². The molecule has 29 heavy (non-hydrogen) atoms. The monoisotopic (exact) mass is 421 g/mol. The largest absolute Gasteiger partial charge is 0.352 e. The molecule has 4 heterocycles. The number of thiophene rings is 1. The summed E-state index contributed by atoms with van der Waals surface area (Å²) in [5.41, 5.74) is 3.25. The minimum atomic E-state index is -0.216. The van der Waals surface area contributed by atoms with Crippen LogP contribution < -0.4 is 5.69 Å². The van der Waals surface area contributed by atoms with E-state index in [0.29, 0.717) is 23.0 Å². The molecule has 6 nitrogen and oxygen atoms in total. The van der Waals surface area contributed by atoms with Gasteiger partial charge in [0.25, 0.3) is 0 Å². The van der Waals surface area contributed by atoms with Gasteiger partial charge in [-0.25, -0.2) is 9.78 Å². The van der Waals surface area contributed by atoms with Crippen molar-refractivity contribution < 1.29 is 0 Å². The topological polar surface area (TPSA) is 65.1 Å². The average Bonchev–Trinajstić information content (AvgIpc) is 3.29. The van der Waals surface area contributed by atoms with Gasteiger partial charge in [0, 0.05) is 27.9 Å². The first-order chi connectivity index (χ1) is 14.0. The van der Waals surface area contributed by atoms with E-state index in [1.807, 2.05) is 36.4 Å². The Morgan fingerprint density at radius 3 is 2.66 bits per heavy atom. The molecule has 5 aromatic rings. The molecule has 0 spiro atoms. The van der Waals surface area contributed by atoms with Crippen LogP contribution in [-0.4, -0.2) is 24.1 Å². The molecule has 0 unspecified atom stereocenters. The van der Waals surface area contributed by atoms with Gasteiger partial charge in [-0.1, -0.05) is 23.7 Å². The lowest BCUT2D eigenvalue weighted by molar-refractivity contribution is 0.720. The van der Waals surface area contributed by atoms with Gasteiger partial charge in [-0.15, -0.1) is 16.4 Å². The van der Waals surface area contributed by atoms with Crippen molar-refractivity contribution in [2.24, 2.45) is 0 Å². The van der Waals surface area contributed by atoms with Crippen LogP contribution in [0.25, 0.3) is 27.3 Å². The molecule has 5 rings (SSSR count). The second kappa shape index (κ2) is 6.79. The van der Waals surface area contributed by atoms with E-state index in [1.165, 1.54) is 4.52 Å². The van der Waals surface area contributed by atoms with E-state index in [2.05, 4.69) is 23.9 Å². The Morgan fingerprint density at radius 2 is 1.93 bits per heavy atom. The molecule has 0 aliphatic rings. The highest BCUT2D eigenvalue weighted by Gasteiger charge is 2.20. The molecule has 8 heteroatoms. The van der Waals surface area contributed by atoms with Crippen molar-refractivity contribution >= 4 is 38.8 Å². The summed E-state index contributed by atoms with van der Waals surface area (Å²) in [6, 6.07) is 11.2. The number of rotatable bonds is 3. The summed E-state index contributed by atoms with van der Waals surface area (Å²) >= 11 is 7.62. The standard InChI is InChI=1S/C21H16ClN5OS/c1-12-13(2)29-20-17(12)19-24-18(15-4-3-9-23-10-15)25-27(19)21(28)26(20)11-14-5-7-16(22)8-6-14/h3-10H,11H2,1-2H3. The van der Waals surface area contributed by atoms with Gasteiger partial charge < -0.3 is 0 Å². The number of nitrogens with zero attached hydrogens (tertiary/aromatic N) is 5. The fraction of sp³-hybridized carbons (Fsp3) is 0.143. The maximum absolute atomic E-state index is 13.4. The van der Waals surface area contributed by atoms with E-state index >= 15 is 0 Å². The summed E-state index contributed by atoms with van der Waals surface area (Å²) in [6.45, 7) is 4.56. The average molecular weight is 422 g/mol. The van der Waals surface area contributed by atoms with Gasteiger partial charge in [-0.2, -0.15) is 4.52 Å². The van der Waals surface area contributed by atoms with E-state index in [9.17, 15) is 4.79 Å². The summed E-state index contributed by atoms with van der Waals surface area (Å²) in [5, 5.41) is 6.15. The SMILES string of the molecule is Cc1sc2c(c1C)c1nc(-c3cccnc3)nn1c(=O)n2Cc1ccc(Cl)cc1. The van der Waals surface area contributed by atoms with Gasteiger partial charge in [-0.3, -0.25) is 9.55 Å². The van der Waals surface area contributed by atoms with Crippen molar-refractivity contribution in [1.29, 1.82) is 0 Å². The Balaban J connectivity index is 1.80.